The minimum atomic E-state index is -0.285. The molecule has 2 aromatic carbocycles. The Labute approximate surface area is 195 Å². The summed E-state index contributed by atoms with van der Waals surface area (Å²) in [5, 5.41) is 21.9. The van der Waals surface area contributed by atoms with Crippen molar-refractivity contribution in [3.05, 3.63) is 82.2 Å². The molecule has 0 spiro atoms. The molecular weight excluding hydrogens is 439 g/mol. The van der Waals surface area contributed by atoms with Gasteiger partial charge in [0.2, 0.25) is 5.95 Å². The number of nitrogens with zero attached hydrogens (tertiary/aromatic N) is 6. The van der Waals surface area contributed by atoms with E-state index in [1.807, 2.05) is 52.3 Å². The number of nitriles is 1. The molecular formula is C24H21FN6OS. The van der Waals surface area contributed by atoms with Crippen LogP contribution in [0.4, 0.5) is 10.3 Å². The third-order valence-corrected chi connectivity index (χ3v) is 6.63. The Kier molecular flexibility index (Phi) is 5.86. The number of aromatic nitrogens is 3. The molecule has 5 rings (SSSR count). The Balaban J connectivity index is 1.59. The molecule has 0 radical (unpaired) electrons. The summed E-state index contributed by atoms with van der Waals surface area (Å²) in [7, 11) is 1.90. The predicted octanol–water partition coefficient (Wildman–Crippen LogP) is 4.11. The monoisotopic (exact) mass is 460 g/mol. The number of morpholine rings is 1. The second-order valence-corrected chi connectivity index (χ2v) is 8.43. The Morgan fingerprint density at radius 1 is 1.06 bits per heavy atom. The van der Waals surface area contributed by atoms with Crippen molar-refractivity contribution >= 4 is 29.0 Å². The van der Waals surface area contributed by atoms with Crippen LogP contribution in [0.1, 0.15) is 11.4 Å². The Hall–Kier alpha value is -3.61. The molecule has 0 aliphatic carbocycles. The second-order valence-electron chi connectivity index (χ2n) is 7.57. The number of ether oxygens (including phenoxy) is 1. The third kappa shape index (κ3) is 3.99. The van der Waals surface area contributed by atoms with Crippen molar-refractivity contribution < 1.29 is 9.13 Å². The average Bonchev–Trinajstić information content (AvgIpc) is 3.46. The number of anilines is 1. The van der Waals surface area contributed by atoms with E-state index in [1.165, 1.54) is 23.9 Å². The van der Waals surface area contributed by atoms with Crippen molar-refractivity contribution in [1.82, 2.24) is 19.7 Å². The highest BCUT2D eigenvalue weighted by atomic mass is 32.2. The summed E-state index contributed by atoms with van der Waals surface area (Å²) >= 11 is 1.45. The van der Waals surface area contributed by atoms with Gasteiger partial charge in [0.05, 0.1) is 24.6 Å². The van der Waals surface area contributed by atoms with Gasteiger partial charge in [-0.25, -0.2) is 4.39 Å². The Morgan fingerprint density at radius 3 is 2.48 bits per heavy atom. The first-order chi connectivity index (χ1) is 16.2. The quantitative estimate of drug-likeness (QED) is 0.543. The molecule has 3 heterocycles. The van der Waals surface area contributed by atoms with E-state index in [0.717, 1.165) is 22.0 Å². The molecule has 7 nitrogen and oxygen atoms in total. The molecule has 9 heteroatoms. The van der Waals surface area contributed by atoms with E-state index in [1.54, 1.807) is 12.1 Å². The van der Waals surface area contributed by atoms with Crippen LogP contribution in [0.25, 0.3) is 17.0 Å². The zero-order valence-corrected chi connectivity index (χ0v) is 18.8. The highest BCUT2D eigenvalue weighted by Crippen LogP contribution is 2.42. The fourth-order valence-corrected chi connectivity index (χ4v) is 4.93. The van der Waals surface area contributed by atoms with Crippen molar-refractivity contribution in [1.29, 1.82) is 5.26 Å². The van der Waals surface area contributed by atoms with Crippen LogP contribution in [-0.4, -0.2) is 53.0 Å². The lowest BCUT2D eigenvalue weighted by Crippen LogP contribution is -2.38. The first kappa shape index (κ1) is 21.2. The van der Waals surface area contributed by atoms with Crippen LogP contribution in [0.3, 0.4) is 0 Å². The molecule has 1 aromatic heterocycles. The number of halogens is 1. The lowest BCUT2D eigenvalue weighted by atomic mass is 10.1. The molecule has 0 saturated carbocycles. The number of thioether (sulfide) groups is 1. The van der Waals surface area contributed by atoms with E-state index in [4.69, 9.17) is 4.74 Å². The average molecular weight is 461 g/mol. The van der Waals surface area contributed by atoms with Crippen LogP contribution >= 0.6 is 11.8 Å². The topological polar surface area (TPSA) is 70.2 Å². The van der Waals surface area contributed by atoms with Crippen molar-refractivity contribution in [2.75, 3.05) is 38.3 Å². The van der Waals surface area contributed by atoms with Gasteiger partial charge in [0.25, 0.3) is 0 Å². The number of para-hydroxylation sites is 1. The van der Waals surface area contributed by atoms with Crippen molar-refractivity contribution in [3.8, 4) is 11.8 Å². The lowest BCUT2D eigenvalue weighted by molar-refractivity contribution is 0.122. The molecule has 33 heavy (non-hydrogen) atoms. The van der Waals surface area contributed by atoms with Gasteiger partial charge >= 0.3 is 0 Å². The van der Waals surface area contributed by atoms with E-state index < -0.39 is 0 Å². The fraction of sp³-hybridized carbons (Fsp3) is 0.208. The van der Waals surface area contributed by atoms with Crippen LogP contribution in [-0.2, 0) is 4.74 Å². The maximum atomic E-state index is 13.4. The molecule has 0 amide bonds. The first-order valence-electron chi connectivity index (χ1n) is 10.5. The molecule has 0 atom stereocenters. The van der Waals surface area contributed by atoms with Crippen molar-refractivity contribution in [2.24, 2.45) is 0 Å². The van der Waals surface area contributed by atoms with E-state index in [-0.39, 0.29) is 5.82 Å². The number of hydrogen-bond donors (Lipinski definition) is 0. The predicted molar refractivity (Wildman–Crippen MR) is 127 cm³/mol. The van der Waals surface area contributed by atoms with E-state index in [2.05, 4.69) is 21.2 Å². The van der Waals surface area contributed by atoms with Gasteiger partial charge in [0.15, 0.2) is 5.82 Å². The molecule has 2 aliphatic heterocycles. The summed E-state index contributed by atoms with van der Waals surface area (Å²) in [6, 6.07) is 18.5. The summed E-state index contributed by atoms with van der Waals surface area (Å²) in [6.45, 7) is 2.64. The van der Waals surface area contributed by atoms with Gasteiger partial charge in [0, 0.05) is 25.5 Å². The maximum absolute atomic E-state index is 13.4. The summed E-state index contributed by atoms with van der Waals surface area (Å²) < 4.78 is 20.8. The first-order valence-corrected chi connectivity index (χ1v) is 11.4. The van der Waals surface area contributed by atoms with Crippen LogP contribution in [0.2, 0.25) is 0 Å². The van der Waals surface area contributed by atoms with Gasteiger partial charge in [0.1, 0.15) is 22.5 Å². The zero-order valence-electron chi connectivity index (χ0n) is 18.0. The molecule has 0 N–H and O–H groups in total. The number of allylic oxidation sites excluding steroid dienone is 1. The highest BCUT2D eigenvalue weighted by molar-refractivity contribution is 8.06. The summed E-state index contributed by atoms with van der Waals surface area (Å²) in [4.78, 5) is 4.06. The minimum Gasteiger partial charge on any atom is -0.378 e. The standard InChI is InChI=1S/C24H21FN6OS/c1-29-21(17-7-9-18(25)10-8-17)16-33-23(29)20(15-26)22-27-28-24(30-11-13-32-14-12-30)31(22)19-5-3-2-4-6-19/h2-10,16H,11-14H2,1H3. The highest BCUT2D eigenvalue weighted by Gasteiger charge is 2.29. The fourth-order valence-electron chi connectivity index (χ4n) is 3.90. The van der Waals surface area contributed by atoms with Crippen molar-refractivity contribution in [2.45, 2.75) is 0 Å². The molecule has 2 aliphatic rings. The number of rotatable bonds is 4. The van der Waals surface area contributed by atoms with Gasteiger partial charge in [-0.15, -0.1) is 10.2 Å². The molecule has 0 bridgehead atoms. The Morgan fingerprint density at radius 2 is 1.79 bits per heavy atom. The molecule has 0 unspecified atom stereocenters. The van der Waals surface area contributed by atoms with E-state index in [9.17, 15) is 9.65 Å². The number of hydrogen-bond acceptors (Lipinski definition) is 7. The smallest absolute Gasteiger partial charge is 0.232 e. The van der Waals surface area contributed by atoms with Crippen molar-refractivity contribution in [3.63, 3.8) is 0 Å². The van der Waals surface area contributed by atoms with E-state index in [0.29, 0.717) is 43.6 Å². The summed E-state index contributed by atoms with van der Waals surface area (Å²) in [6.07, 6.45) is 0. The maximum Gasteiger partial charge on any atom is 0.232 e. The van der Waals surface area contributed by atoms with Crippen LogP contribution in [0, 0.1) is 17.1 Å². The molecule has 166 valence electrons. The van der Waals surface area contributed by atoms with E-state index >= 15 is 0 Å². The van der Waals surface area contributed by atoms with Crippen LogP contribution in [0.5, 0.6) is 0 Å². The largest absolute Gasteiger partial charge is 0.378 e. The lowest BCUT2D eigenvalue weighted by Gasteiger charge is -2.28. The second kappa shape index (κ2) is 9.10. The van der Waals surface area contributed by atoms with Gasteiger partial charge in [-0.05, 0) is 42.0 Å². The normalized spacial score (nSPS) is 17.7. The van der Waals surface area contributed by atoms with Gasteiger partial charge in [-0.2, -0.15) is 5.26 Å². The SMILES string of the molecule is CN1C(c2ccc(F)cc2)=CSC1=C(C#N)c1nnc(N2CCOCC2)n1-c1ccccc1. The van der Waals surface area contributed by atoms with Crippen LogP contribution < -0.4 is 4.90 Å². The number of benzene rings is 2. The van der Waals surface area contributed by atoms with Gasteiger partial charge in [-0.1, -0.05) is 30.0 Å². The van der Waals surface area contributed by atoms with Crippen LogP contribution in [0.15, 0.2) is 65.0 Å². The molecule has 3 aromatic rings. The molecule has 1 saturated heterocycles. The zero-order chi connectivity index (χ0) is 22.8. The third-order valence-electron chi connectivity index (χ3n) is 5.59. The summed E-state index contributed by atoms with van der Waals surface area (Å²) in [5.74, 6) is 0.881. The van der Waals surface area contributed by atoms with Gasteiger partial charge in [-0.3, -0.25) is 4.57 Å². The summed E-state index contributed by atoms with van der Waals surface area (Å²) in [5.41, 5.74) is 3.07. The van der Waals surface area contributed by atoms with Gasteiger partial charge < -0.3 is 14.5 Å². The minimum absolute atomic E-state index is 0.285. The molecule has 1 fully saturated rings. The Bertz CT molecular complexity index is 1260.